The molecule has 3 rings (SSSR count). The summed E-state index contributed by atoms with van der Waals surface area (Å²) in [5.74, 6) is -0.00570. The Morgan fingerprint density at radius 2 is 1.78 bits per heavy atom. The van der Waals surface area contributed by atoms with E-state index in [0.29, 0.717) is 0 Å². The Morgan fingerprint density at radius 1 is 1.13 bits per heavy atom. The Morgan fingerprint density at radius 3 is 2.43 bits per heavy atom. The Balaban J connectivity index is 0.00000192. The largest absolute Gasteiger partial charge is 1.00 e. The molecular weight excluding hydrogens is 468 g/mol. The van der Waals surface area contributed by atoms with E-state index in [4.69, 9.17) is 0 Å². The number of benzene rings is 1. The third-order valence-corrected chi connectivity index (χ3v) is 5.02. The zero-order chi connectivity index (χ0) is 15.4. The van der Waals surface area contributed by atoms with Gasteiger partial charge < -0.3 is 24.0 Å². The van der Waals surface area contributed by atoms with Crippen LogP contribution in [0.15, 0.2) is 65.9 Å². The van der Waals surface area contributed by atoms with E-state index < -0.39 is 0 Å². The Bertz CT molecular complexity index is 762. The molecule has 0 aliphatic rings. The summed E-state index contributed by atoms with van der Waals surface area (Å²) in [6.45, 7) is 2.31. The topological polar surface area (TPSA) is 37.1 Å². The minimum atomic E-state index is -0.00570. The van der Waals surface area contributed by atoms with Crippen LogP contribution in [0.4, 0.5) is 10.4 Å². The van der Waals surface area contributed by atoms with E-state index in [0.717, 1.165) is 22.6 Å². The van der Waals surface area contributed by atoms with Gasteiger partial charge in [-0.15, -0.1) is 0 Å². The van der Waals surface area contributed by atoms with Crippen LogP contribution in [0.5, 0.6) is 0 Å². The van der Waals surface area contributed by atoms with Gasteiger partial charge in [-0.2, -0.15) is 0 Å². The van der Waals surface area contributed by atoms with Crippen molar-refractivity contribution in [2.75, 3.05) is 4.90 Å². The second kappa shape index (κ2) is 8.38. The van der Waals surface area contributed by atoms with Crippen LogP contribution in [0.25, 0.3) is 0 Å². The van der Waals surface area contributed by atoms with Gasteiger partial charge in [0.05, 0.1) is 0 Å². The SMILES string of the molecule is CC(=O)N(c1ccccc1)c1nc(C[n+]2ccccc2)c[se]1.[I-]. The van der Waals surface area contributed by atoms with Crippen molar-refractivity contribution >= 4 is 30.8 Å². The summed E-state index contributed by atoms with van der Waals surface area (Å²) in [4.78, 5) is 20.5. The minimum Gasteiger partial charge on any atom is -1.00 e. The summed E-state index contributed by atoms with van der Waals surface area (Å²) in [5, 5.41) is 0. The summed E-state index contributed by atoms with van der Waals surface area (Å²) in [5.41, 5.74) is 1.88. The maximum absolute atomic E-state index is 12.0. The number of amides is 1. The molecule has 0 bridgehead atoms. The number of carbonyl (C=O) groups excluding carboxylic acids is 1. The summed E-state index contributed by atoms with van der Waals surface area (Å²) < 4.78 is 2.92. The van der Waals surface area contributed by atoms with Crippen LogP contribution in [0.3, 0.4) is 0 Å². The van der Waals surface area contributed by atoms with Crippen LogP contribution in [0.1, 0.15) is 12.6 Å². The van der Waals surface area contributed by atoms with E-state index in [9.17, 15) is 4.79 Å². The molecule has 4 nitrogen and oxygen atoms in total. The van der Waals surface area contributed by atoms with Crippen molar-refractivity contribution in [2.24, 2.45) is 0 Å². The second-order valence-corrected chi connectivity index (χ2v) is 6.61. The first-order valence-electron chi connectivity index (χ1n) is 6.98. The van der Waals surface area contributed by atoms with Crippen LogP contribution in [-0.4, -0.2) is 25.4 Å². The van der Waals surface area contributed by atoms with Crippen molar-refractivity contribution in [3.8, 4) is 0 Å². The molecule has 0 unspecified atom stereocenters. The number of hydrogen-bond donors (Lipinski definition) is 0. The van der Waals surface area contributed by atoms with Gasteiger partial charge in [0.1, 0.15) is 0 Å². The number of para-hydroxylation sites is 1. The van der Waals surface area contributed by atoms with Crippen LogP contribution in [0, 0.1) is 0 Å². The van der Waals surface area contributed by atoms with Gasteiger partial charge >= 0.3 is 135 Å². The normalized spacial score (nSPS) is 9.96. The molecule has 0 aliphatic heterocycles. The molecular formula is C17H16IN3OSe. The van der Waals surface area contributed by atoms with Gasteiger partial charge in [-0.1, -0.05) is 0 Å². The molecule has 0 atom stereocenters. The molecule has 0 fully saturated rings. The molecule has 0 saturated carbocycles. The fourth-order valence-corrected chi connectivity index (χ4v) is 4.04. The zero-order valence-corrected chi connectivity index (χ0v) is 16.5. The van der Waals surface area contributed by atoms with E-state index >= 15 is 0 Å². The molecule has 3 aromatic rings. The number of anilines is 2. The van der Waals surface area contributed by atoms with Gasteiger partial charge in [0.15, 0.2) is 0 Å². The molecule has 1 amide bonds. The molecule has 0 radical (unpaired) electrons. The van der Waals surface area contributed by atoms with E-state index in [-0.39, 0.29) is 44.4 Å². The van der Waals surface area contributed by atoms with Crippen LogP contribution in [-0.2, 0) is 11.3 Å². The monoisotopic (exact) mass is 485 g/mol. The van der Waals surface area contributed by atoms with Gasteiger partial charge in [0, 0.05) is 0 Å². The van der Waals surface area contributed by atoms with Crippen molar-refractivity contribution in [3.05, 3.63) is 71.6 Å². The molecule has 118 valence electrons. The number of pyridine rings is 1. The Hall–Kier alpha value is -1.50. The van der Waals surface area contributed by atoms with Crippen molar-refractivity contribution in [3.63, 3.8) is 0 Å². The first-order valence-corrected chi connectivity index (χ1v) is 8.83. The molecule has 2 heterocycles. The number of nitrogens with zero attached hydrogens (tertiary/aromatic N) is 3. The molecule has 23 heavy (non-hydrogen) atoms. The van der Waals surface area contributed by atoms with Gasteiger partial charge in [-0.3, -0.25) is 0 Å². The van der Waals surface area contributed by atoms with Crippen molar-refractivity contribution < 1.29 is 33.3 Å². The van der Waals surface area contributed by atoms with Crippen molar-refractivity contribution in [2.45, 2.75) is 13.5 Å². The Kier molecular flexibility index (Phi) is 6.50. The maximum atomic E-state index is 12.0. The molecule has 0 aliphatic carbocycles. The van der Waals surface area contributed by atoms with Crippen molar-refractivity contribution in [1.82, 2.24) is 4.98 Å². The van der Waals surface area contributed by atoms with Gasteiger partial charge in [0.2, 0.25) is 0 Å². The average molecular weight is 484 g/mol. The minimum absolute atomic E-state index is 0. The second-order valence-electron chi connectivity index (χ2n) is 4.86. The maximum Gasteiger partial charge on any atom is -1.00 e. The summed E-state index contributed by atoms with van der Waals surface area (Å²) in [7, 11) is 0. The first-order chi connectivity index (χ1) is 10.7. The van der Waals surface area contributed by atoms with Crippen molar-refractivity contribution in [1.29, 1.82) is 0 Å². The van der Waals surface area contributed by atoms with Gasteiger partial charge in [0.25, 0.3) is 0 Å². The predicted octanol–water partition coefficient (Wildman–Crippen LogP) is -0.837. The summed E-state index contributed by atoms with van der Waals surface area (Å²) >= 11 is 0.0756. The molecule has 2 aromatic heterocycles. The summed E-state index contributed by atoms with van der Waals surface area (Å²) in [6, 6.07) is 15.7. The average Bonchev–Trinajstić information content (AvgIpc) is 2.97. The van der Waals surface area contributed by atoms with Crippen LogP contribution < -0.4 is 33.4 Å². The number of aromatic nitrogens is 2. The summed E-state index contributed by atoms with van der Waals surface area (Å²) in [6.07, 6.45) is 4.03. The van der Waals surface area contributed by atoms with E-state index in [1.165, 1.54) is 0 Å². The predicted molar refractivity (Wildman–Crippen MR) is 86.2 cm³/mol. The van der Waals surface area contributed by atoms with Crippen LogP contribution >= 0.6 is 0 Å². The zero-order valence-electron chi connectivity index (χ0n) is 12.6. The van der Waals surface area contributed by atoms with E-state index in [1.807, 2.05) is 60.9 Å². The van der Waals surface area contributed by atoms with Gasteiger partial charge in [-0.05, 0) is 0 Å². The van der Waals surface area contributed by atoms with E-state index in [2.05, 4.69) is 14.5 Å². The molecule has 0 saturated heterocycles. The number of halogens is 1. The molecule has 1 aromatic carbocycles. The number of rotatable bonds is 4. The number of carbonyl (C=O) groups is 1. The third-order valence-electron chi connectivity index (χ3n) is 3.18. The molecule has 0 spiro atoms. The third kappa shape index (κ3) is 4.50. The Labute approximate surface area is 158 Å². The molecule has 6 heteroatoms. The quantitative estimate of drug-likeness (QED) is 0.276. The first kappa shape index (κ1) is 17.8. The fourth-order valence-electron chi connectivity index (χ4n) is 2.20. The number of hydrogen-bond acceptors (Lipinski definition) is 2. The standard InChI is InChI=1S/C17H16N3OSe.HI/c1-14(21)20(16-8-4-2-5-9-16)17-18-15(13-22-17)12-19-10-6-3-7-11-19;/h2-11,13H,12H2,1H3;1H/q+1;/p-1. The van der Waals surface area contributed by atoms with E-state index in [1.54, 1.807) is 11.8 Å². The molecule has 0 N–H and O–H groups in total. The fraction of sp³-hybridized carbons (Fsp3) is 0.118. The van der Waals surface area contributed by atoms with Gasteiger partial charge in [-0.25, -0.2) is 0 Å². The van der Waals surface area contributed by atoms with Crippen LogP contribution in [0.2, 0.25) is 0 Å². The smallest absolute Gasteiger partial charge is 1.00 e.